The van der Waals surface area contributed by atoms with Crippen molar-refractivity contribution in [3.63, 3.8) is 0 Å². The molecule has 1 amide bonds. The van der Waals surface area contributed by atoms with Gasteiger partial charge in [0.25, 0.3) is 0 Å². The van der Waals surface area contributed by atoms with Gasteiger partial charge in [0, 0.05) is 35.9 Å². The number of carbonyl (C=O) groups excluding carboxylic acids is 1. The largest absolute Gasteiger partial charge is 0.301 e. The van der Waals surface area contributed by atoms with Gasteiger partial charge in [-0.15, -0.1) is 6.58 Å². The first kappa shape index (κ1) is 12.4. The molecule has 0 radical (unpaired) electrons. The highest BCUT2D eigenvalue weighted by molar-refractivity contribution is 7.10. The van der Waals surface area contributed by atoms with Crippen LogP contribution in [-0.4, -0.2) is 20.2 Å². The molecule has 2 rings (SSSR count). The van der Waals surface area contributed by atoms with E-state index in [9.17, 15) is 4.79 Å². The first-order valence-corrected chi connectivity index (χ1v) is 6.22. The van der Waals surface area contributed by atoms with Gasteiger partial charge in [-0.1, -0.05) is 6.08 Å². The molecule has 2 aromatic heterocycles. The second-order valence-corrected chi connectivity index (χ2v) is 4.29. The van der Waals surface area contributed by atoms with Gasteiger partial charge in [-0.25, -0.2) is 0 Å². The Labute approximate surface area is 109 Å². The Bertz CT molecular complexity index is 538. The lowest BCUT2D eigenvalue weighted by atomic mass is 10.3. The molecule has 0 aliphatic heterocycles. The van der Waals surface area contributed by atoms with E-state index in [0.29, 0.717) is 23.8 Å². The van der Waals surface area contributed by atoms with Crippen LogP contribution in [0.5, 0.6) is 0 Å². The molecule has 0 saturated heterocycles. The van der Waals surface area contributed by atoms with Gasteiger partial charge in [-0.2, -0.15) is 9.36 Å². The summed E-state index contributed by atoms with van der Waals surface area (Å²) in [6.07, 6.45) is 6.13. The van der Waals surface area contributed by atoms with Gasteiger partial charge in [-0.05, 0) is 18.6 Å². The normalized spacial score (nSPS) is 10.0. The smallest absolute Gasteiger partial charge is 0.226 e. The van der Waals surface area contributed by atoms with Crippen LogP contribution in [0.3, 0.4) is 0 Å². The minimum absolute atomic E-state index is 0.0765. The highest BCUT2D eigenvalue weighted by Crippen LogP contribution is 2.20. The Kier molecular flexibility index (Phi) is 4.14. The van der Waals surface area contributed by atoms with Gasteiger partial charge in [0.1, 0.15) is 0 Å². The lowest BCUT2D eigenvalue weighted by Crippen LogP contribution is -2.10. The molecule has 2 aromatic rings. The second-order valence-electron chi connectivity index (χ2n) is 3.53. The fourth-order valence-corrected chi connectivity index (χ4v) is 1.91. The number of aromatic nitrogens is 3. The summed E-state index contributed by atoms with van der Waals surface area (Å²) in [6, 6.07) is 3.65. The van der Waals surface area contributed by atoms with E-state index in [2.05, 4.69) is 26.2 Å². The van der Waals surface area contributed by atoms with E-state index in [4.69, 9.17) is 0 Å². The number of pyridine rings is 1. The van der Waals surface area contributed by atoms with E-state index in [0.717, 1.165) is 5.56 Å². The molecule has 18 heavy (non-hydrogen) atoms. The Morgan fingerprint density at radius 3 is 2.94 bits per heavy atom. The molecule has 0 atom stereocenters. The average molecular weight is 260 g/mol. The van der Waals surface area contributed by atoms with Crippen LogP contribution in [0.2, 0.25) is 0 Å². The summed E-state index contributed by atoms with van der Waals surface area (Å²) in [7, 11) is 0. The summed E-state index contributed by atoms with van der Waals surface area (Å²) < 4.78 is 4.19. The van der Waals surface area contributed by atoms with Gasteiger partial charge in [0.15, 0.2) is 5.82 Å². The number of carbonyl (C=O) groups is 1. The van der Waals surface area contributed by atoms with Crippen LogP contribution in [0.15, 0.2) is 37.2 Å². The maximum absolute atomic E-state index is 11.5. The molecule has 5 nitrogen and oxygen atoms in total. The van der Waals surface area contributed by atoms with E-state index in [1.54, 1.807) is 18.5 Å². The fraction of sp³-hybridized carbons (Fsp3) is 0.167. The topological polar surface area (TPSA) is 67.8 Å². The summed E-state index contributed by atoms with van der Waals surface area (Å²) in [4.78, 5) is 19.7. The lowest BCUT2D eigenvalue weighted by Gasteiger charge is -1.97. The van der Waals surface area contributed by atoms with E-state index >= 15 is 0 Å². The Hall–Kier alpha value is -2.08. The molecule has 0 fully saturated rings. The first-order valence-electron chi connectivity index (χ1n) is 5.44. The van der Waals surface area contributed by atoms with Gasteiger partial charge < -0.3 is 5.32 Å². The van der Waals surface area contributed by atoms with Crippen LogP contribution in [0.4, 0.5) is 5.13 Å². The predicted molar refractivity (Wildman–Crippen MR) is 71.2 cm³/mol. The van der Waals surface area contributed by atoms with Crippen molar-refractivity contribution in [2.45, 2.75) is 12.8 Å². The molecule has 92 valence electrons. The zero-order valence-corrected chi connectivity index (χ0v) is 10.5. The first-order chi connectivity index (χ1) is 8.79. The summed E-state index contributed by atoms with van der Waals surface area (Å²) in [6.45, 7) is 3.57. The molecule has 0 bridgehead atoms. The second kappa shape index (κ2) is 6.02. The Morgan fingerprint density at radius 2 is 2.22 bits per heavy atom. The van der Waals surface area contributed by atoms with E-state index in [1.165, 1.54) is 11.5 Å². The number of hydrogen-bond donors (Lipinski definition) is 1. The number of anilines is 1. The number of rotatable bonds is 5. The van der Waals surface area contributed by atoms with Crippen LogP contribution < -0.4 is 5.32 Å². The van der Waals surface area contributed by atoms with Gasteiger partial charge >= 0.3 is 0 Å². The van der Waals surface area contributed by atoms with Crippen molar-refractivity contribution in [2.75, 3.05) is 5.32 Å². The summed E-state index contributed by atoms with van der Waals surface area (Å²) in [5.41, 5.74) is 0.882. The maximum Gasteiger partial charge on any atom is 0.226 e. The van der Waals surface area contributed by atoms with E-state index in [-0.39, 0.29) is 5.91 Å². The standard InChI is InChI=1S/C12H12N4OS/c1-2-3-4-10(17)14-12-15-11(16-18-12)9-5-7-13-8-6-9/h2,5-8H,1,3-4H2,(H,14,15,16,17). The molecular weight excluding hydrogens is 248 g/mol. The van der Waals surface area contributed by atoms with Crippen molar-refractivity contribution in [1.29, 1.82) is 0 Å². The van der Waals surface area contributed by atoms with Crippen LogP contribution in [0.1, 0.15) is 12.8 Å². The van der Waals surface area contributed by atoms with E-state index in [1.807, 2.05) is 12.1 Å². The Balaban J connectivity index is 2.02. The number of nitrogens with zero attached hydrogens (tertiary/aromatic N) is 3. The molecule has 0 aliphatic rings. The third-order valence-electron chi connectivity index (χ3n) is 2.19. The van der Waals surface area contributed by atoms with Crippen molar-refractivity contribution >= 4 is 22.6 Å². The molecule has 0 saturated carbocycles. The maximum atomic E-state index is 11.5. The third kappa shape index (κ3) is 3.21. The average Bonchev–Trinajstić information content (AvgIpc) is 2.86. The quantitative estimate of drug-likeness (QED) is 0.839. The molecule has 0 aromatic carbocycles. The van der Waals surface area contributed by atoms with Crippen molar-refractivity contribution < 1.29 is 4.79 Å². The molecule has 2 heterocycles. The van der Waals surface area contributed by atoms with Crippen LogP contribution >= 0.6 is 11.5 Å². The molecule has 1 N–H and O–H groups in total. The zero-order valence-electron chi connectivity index (χ0n) is 9.67. The third-order valence-corrected chi connectivity index (χ3v) is 2.82. The summed E-state index contributed by atoms with van der Waals surface area (Å²) >= 11 is 1.17. The minimum atomic E-state index is -0.0765. The number of hydrogen-bond acceptors (Lipinski definition) is 5. The zero-order chi connectivity index (χ0) is 12.8. The molecule has 0 aliphatic carbocycles. The fourth-order valence-electron chi connectivity index (χ4n) is 1.31. The highest BCUT2D eigenvalue weighted by atomic mass is 32.1. The number of nitrogens with one attached hydrogen (secondary N) is 1. The number of allylic oxidation sites excluding steroid dienone is 1. The molecule has 6 heteroatoms. The predicted octanol–water partition coefficient (Wildman–Crippen LogP) is 2.50. The Morgan fingerprint density at radius 1 is 1.44 bits per heavy atom. The van der Waals surface area contributed by atoms with Crippen molar-refractivity contribution in [3.05, 3.63) is 37.2 Å². The van der Waals surface area contributed by atoms with E-state index < -0.39 is 0 Å². The van der Waals surface area contributed by atoms with Gasteiger partial charge in [0.2, 0.25) is 11.0 Å². The highest BCUT2D eigenvalue weighted by Gasteiger charge is 2.08. The van der Waals surface area contributed by atoms with Gasteiger partial charge in [-0.3, -0.25) is 9.78 Å². The van der Waals surface area contributed by atoms with Crippen LogP contribution in [-0.2, 0) is 4.79 Å². The van der Waals surface area contributed by atoms with Crippen LogP contribution in [0, 0.1) is 0 Å². The molecule has 0 spiro atoms. The summed E-state index contributed by atoms with van der Waals surface area (Å²) in [5.74, 6) is 0.522. The van der Waals surface area contributed by atoms with Crippen molar-refractivity contribution in [3.8, 4) is 11.4 Å². The van der Waals surface area contributed by atoms with Crippen molar-refractivity contribution in [2.24, 2.45) is 0 Å². The van der Waals surface area contributed by atoms with Crippen LogP contribution in [0.25, 0.3) is 11.4 Å². The SMILES string of the molecule is C=CCCC(=O)Nc1nc(-c2ccncc2)ns1. The molecule has 0 unspecified atom stereocenters. The summed E-state index contributed by atoms with van der Waals surface area (Å²) in [5, 5.41) is 3.22. The number of amides is 1. The molecular formula is C12H12N4OS. The van der Waals surface area contributed by atoms with Crippen molar-refractivity contribution in [1.82, 2.24) is 14.3 Å². The minimum Gasteiger partial charge on any atom is -0.301 e. The van der Waals surface area contributed by atoms with Gasteiger partial charge in [0.05, 0.1) is 0 Å². The monoisotopic (exact) mass is 260 g/mol. The lowest BCUT2D eigenvalue weighted by molar-refractivity contribution is -0.116.